The standard InChI is InChI=1S/C17H19FN2O4S2/c1-20(11-17(21)19-14-6-4-5-7-16(14)25-3)26(22,23)12-8-9-15(24-2)13(18)10-12/h4-10H,11H2,1-3H3,(H,19,21). The SMILES string of the molecule is COc1ccc(S(=O)(=O)N(C)CC(=O)Nc2ccccc2SC)cc1F. The highest BCUT2D eigenvalue weighted by atomic mass is 32.2. The maximum atomic E-state index is 13.8. The number of benzene rings is 2. The predicted molar refractivity (Wildman–Crippen MR) is 99.6 cm³/mol. The molecule has 0 aliphatic rings. The van der Waals surface area contributed by atoms with Gasteiger partial charge in [0.25, 0.3) is 0 Å². The van der Waals surface area contributed by atoms with Crippen LogP contribution in [0.4, 0.5) is 10.1 Å². The third kappa shape index (κ3) is 4.54. The summed E-state index contributed by atoms with van der Waals surface area (Å²) in [6.07, 6.45) is 1.87. The first-order chi connectivity index (χ1) is 12.3. The number of thioether (sulfide) groups is 1. The molecule has 1 amide bonds. The largest absolute Gasteiger partial charge is 0.494 e. The van der Waals surface area contributed by atoms with Crippen LogP contribution >= 0.6 is 11.8 Å². The molecule has 140 valence electrons. The Kier molecular flexibility index (Phi) is 6.63. The second kappa shape index (κ2) is 8.52. The van der Waals surface area contributed by atoms with E-state index in [0.717, 1.165) is 15.3 Å². The topological polar surface area (TPSA) is 75.7 Å². The van der Waals surface area contributed by atoms with Crippen LogP contribution in [-0.4, -0.2) is 45.6 Å². The molecule has 0 saturated carbocycles. The van der Waals surface area contributed by atoms with Gasteiger partial charge in [-0.15, -0.1) is 11.8 Å². The van der Waals surface area contributed by atoms with Crippen molar-refractivity contribution in [3.8, 4) is 5.75 Å². The fourth-order valence-electron chi connectivity index (χ4n) is 2.21. The van der Waals surface area contributed by atoms with E-state index in [1.807, 2.05) is 18.4 Å². The van der Waals surface area contributed by atoms with Gasteiger partial charge in [-0.05, 0) is 36.6 Å². The first-order valence-electron chi connectivity index (χ1n) is 7.52. The molecule has 2 rings (SSSR count). The minimum atomic E-state index is -4.02. The minimum Gasteiger partial charge on any atom is -0.494 e. The number of hydrogen-bond donors (Lipinski definition) is 1. The van der Waals surface area contributed by atoms with Crippen molar-refractivity contribution in [1.29, 1.82) is 0 Å². The number of nitrogens with one attached hydrogen (secondary N) is 1. The smallest absolute Gasteiger partial charge is 0.243 e. The zero-order valence-corrected chi connectivity index (χ0v) is 16.2. The van der Waals surface area contributed by atoms with E-state index in [1.54, 1.807) is 12.1 Å². The monoisotopic (exact) mass is 398 g/mol. The maximum absolute atomic E-state index is 13.8. The summed E-state index contributed by atoms with van der Waals surface area (Å²) in [7, 11) is -1.47. The number of ether oxygens (including phenoxy) is 1. The zero-order valence-electron chi connectivity index (χ0n) is 14.5. The Morgan fingerprint density at radius 1 is 1.27 bits per heavy atom. The van der Waals surface area contributed by atoms with Crippen molar-refractivity contribution in [3.63, 3.8) is 0 Å². The van der Waals surface area contributed by atoms with Gasteiger partial charge in [0, 0.05) is 11.9 Å². The second-order valence-electron chi connectivity index (χ2n) is 5.31. The maximum Gasteiger partial charge on any atom is 0.243 e. The zero-order chi connectivity index (χ0) is 19.3. The van der Waals surface area contributed by atoms with Gasteiger partial charge in [0.2, 0.25) is 15.9 Å². The van der Waals surface area contributed by atoms with Crippen molar-refractivity contribution >= 4 is 33.4 Å². The van der Waals surface area contributed by atoms with Gasteiger partial charge in [0.1, 0.15) is 0 Å². The van der Waals surface area contributed by atoms with E-state index in [-0.39, 0.29) is 10.6 Å². The molecule has 0 fully saturated rings. The van der Waals surface area contributed by atoms with Gasteiger partial charge in [-0.25, -0.2) is 12.8 Å². The van der Waals surface area contributed by atoms with Gasteiger partial charge < -0.3 is 10.1 Å². The Hall–Kier alpha value is -2.10. The molecule has 26 heavy (non-hydrogen) atoms. The number of carbonyl (C=O) groups excluding carboxylic acids is 1. The van der Waals surface area contributed by atoms with Crippen LogP contribution in [0.1, 0.15) is 0 Å². The van der Waals surface area contributed by atoms with Crippen LogP contribution < -0.4 is 10.1 Å². The number of sulfonamides is 1. The quantitative estimate of drug-likeness (QED) is 0.726. The molecule has 0 bridgehead atoms. The molecule has 1 N–H and O–H groups in total. The summed E-state index contributed by atoms with van der Waals surface area (Å²) in [6.45, 7) is -0.404. The molecule has 0 unspecified atom stereocenters. The normalized spacial score (nSPS) is 11.4. The van der Waals surface area contributed by atoms with Crippen molar-refractivity contribution in [2.75, 3.05) is 32.3 Å². The molecule has 0 spiro atoms. The molecular formula is C17H19FN2O4S2. The summed E-state index contributed by atoms with van der Waals surface area (Å²) >= 11 is 1.46. The van der Waals surface area contributed by atoms with Gasteiger partial charge >= 0.3 is 0 Å². The van der Waals surface area contributed by atoms with Crippen LogP contribution in [0.2, 0.25) is 0 Å². The average Bonchev–Trinajstić information content (AvgIpc) is 2.61. The molecule has 0 atom stereocenters. The first kappa shape index (κ1) is 20.2. The third-order valence-corrected chi connectivity index (χ3v) is 6.17. The van der Waals surface area contributed by atoms with E-state index in [1.165, 1.54) is 38.1 Å². The molecule has 6 nitrogen and oxygen atoms in total. The molecule has 2 aromatic carbocycles. The number of methoxy groups -OCH3 is 1. The van der Waals surface area contributed by atoms with E-state index in [2.05, 4.69) is 5.32 Å². The number of likely N-dealkylation sites (N-methyl/N-ethyl adjacent to an activating group) is 1. The summed E-state index contributed by atoms with van der Waals surface area (Å²) < 4.78 is 44.5. The number of carbonyl (C=O) groups is 1. The number of nitrogens with zero attached hydrogens (tertiary/aromatic N) is 1. The van der Waals surface area contributed by atoms with Crippen LogP contribution in [0.15, 0.2) is 52.3 Å². The van der Waals surface area contributed by atoms with Gasteiger partial charge in [0.15, 0.2) is 11.6 Å². The lowest BCUT2D eigenvalue weighted by Gasteiger charge is -2.18. The highest BCUT2D eigenvalue weighted by Crippen LogP contribution is 2.25. The predicted octanol–water partition coefficient (Wildman–Crippen LogP) is 2.82. The summed E-state index contributed by atoms with van der Waals surface area (Å²) in [5.41, 5.74) is 0.603. The highest BCUT2D eigenvalue weighted by molar-refractivity contribution is 7.98. The lowest BCUT2D eigenvalue weighted by molar-refractivity contribution is -0.116. The highest BCUT2D eigenvalue weighted by Gasteiger charge is 2.24. The van der Waals surface area contributed by atoms with Gasteiger partial charge in [0.05, 0.1) is 24.2 Å². The molecule has 0 radical (unpaired) electrons. The number of anilines is 1. The minimum absolute atomic E-state index is 0.0574. The molecule has 0 aliphatic heterocycles. The van der Waals surface area contributed by atoms with Crippen LogP contribution in [0.25, 0.3) is 0 Å². The van der Waals surface area contributed by atoms with E-state index in [0.29, 0.717) is 5.69 Å². The molecular weight excluding hydrogens is 379 g/mol. The Morgan fingerprint density at radius 3 is 2.58 bits per heavy atom. The lowest BCUT2D eigenvalue weighted by Crippen LogP contribution is -2.35. The molecule has 0 aliphatic carbocycles. The van der Waals surface area contributed by atoms with Crippen LogP contribution in [-0.2, 0) is 14.8 Å². The van der Waals surface area contributed by atoms with Gasteiger partial charge in [-0.1, -0.05) is 12.1 Å². The fourth-order valence-corrected chi connectivity index (χ4v) is 3.91. The van der Waals surface area contributed by atoms with Crippen LogP contribution in [0, 0.1) is 5.82 Å². The Bertz CT molecular complexity index is 903. The average molecular weight is 398 g/mol. The van der Waals surface area contributed by atoms with E-state index in [9.17, 15) is 17.6 Å². The molecule has 0 aromatic heterocycles. The Balaban J connectivity index is 2.13. The number of halogens is 1. The van der Waals surface area contributed by atoms with Gasteiger partial charge in [-0.3, -0.25) is 4.79 Å². The number of amides is 1. The summed E-state index contributed by atoms with van der Waals surface area (Å²) in [5.74, 6) is -1.34. The van der Waals surface area contributed by atoms with Crippen molar-refractivity contribution in [2.24, 2.45) is 0 Å². The van der Waals surface area contributed by atoms with E-state index >= 15 is 0 Å². The summed E-state index contributed by atoms with van der Waals surface area (Å²) in [6, 6.07) is 10.5. The third-order valence-electron chi connectivity index (χ3n) is 3.58. The molecule has 2 aromatic rings. The van der Waals surface area contributed by atoms with Crippen molar-refractivity contribution in [3.05, 3.63) is 48.3 Å². The van der Waals surface area contributed by atoms with Crippen LogP contribution in [0.3, 0.4) is 0 Å². The second-order valence-corrected chi connectivity index (χ2v) is 8.20. The lowest BCUT2D eigenvalue weighted by atomic mass is 10.3. The first-order valence-corrected chi connectivity index (χ1v) is 10.2. The number of rotatable bonds is 7. The Morgan fingerprint density at radius 2 is 1.96 bits per heavy atom. The fraction of sp³-hybridized carbons (Fsp3) is 0.235. The molecule has 9 heteroatoms. The van der Waals surface area contributed by atoms with Crippen molar-refractivity contribution in [1.82, 2.24) is 4.31 Å². The summed E-state index contributed by atoms with van der Waals surface area (Å²) in [5, 5.41) is 2.69. The van der Waals surface area contributed by atoms with Crippen molar-refractivity contribution in [2.45, 2.75) is 9.79 Å². The van der Waals surface area contributed by atoms with Gasteiger partial charge in [-0.2, -0.15) is 4.31 Å². The van der Waals surface area contributed by atoms with Crippen LogP contribution in [0.5, 0.6) is 5.75 Å². The summed E-state index contributed by atoms with van der Waals surface area (Å²) in [4.78, 5) is 12.8. The molecule has 0 saturated heterocycles. The van der Waals surface area contributed by atoms with Crippen molar-refractivity contribution < 1.29 is 22.3 Å². The Labute approximate surface area is 156 Å². The van der Waals surface area contributed by atoms with E-state index < -0.39 is 28.3 Å². The number of para-hydroxylation sites is 1. The van der Waals surface area contributed by atoms with E-state index in [4.69, 9.17) is 4.74 Å². The molecule has 0 heterocycles. The number of hydrogen-bond acceptors (Lipinski definition) is 5.